The first kappa shape index (κ1) is 17.5. The van der Waals surface area contributed by atoms with Crippen LogP contribution in [0.25, 0.3) is 5.65 Å². The van der Waals surface area contributed by atoms with Gasteiger partial charge in [0, 0.05) is 11.7 Å². The van der Waals surface area contributed by atoms with Gasteiger partial charge in [0.25, 0.3) is 11.8 Å². The fourth-order valence-electron chi connectivity index (χ4n) is 2.34. The average molecular weight is 355 g/mol. The highest BCUT2D eigenvalue weighted by atomic mass is 19.1. The molecule has 0 fully saturated rings. The zero-order valence-corrected chi connectivity index (χ0v) is 14.6. The SMILES string of the molecule is CC(C)(C)NC(=O)c1cnn2ccc(NC(=O)c3ccccc3F)nc12. The highest BCUT2D eigenvalue weighted by Crippen LogP contribution is 2.15. The van der Waals surface area contributed by atoms with Gasteiger partial charge in [-0.15, -0.1) is 0 Å². The summed E-state index contributed by atoms with van der Waals surface area (Å²) in [6.07, 6.45) is 2.97. The normalized spacial score (nSPS) is 11.4. The standard InChI is InChI=1S/C18H18FN5O2/c1-18(2,3)23-17(26)12-10-20-24-9-8-14(21-15(12)24)22-16(25)11-6-4-5-7-13(11)19/h4-10H,1-3H3,(H,23,26)(H,21,22,25). The van der Waals surface area contributed by atoms with Crippen molar-refractivity contribution >= 4 is 23.3 Å². The van der Waals surface area contributed by atoms with Crippen molar-refractivity contribution in [1.29, 1.82) is 0 Å². The molecule has 1 aromatic carbocycles. The number of nitrogens with zero attached hydrogens (tertiary/aromatic N) is 3. The quantitative estimate of drug-likeness (QED) is 0.756. The van der Waals surface area contributed by atoms with Gasteiger partial charge in [-0.25, -0.2) is 13.9 Å². The van der Waals surface area contributed by atoms with Crippen LogP contribution in [0.1, 0.15) is 41.5 Å². The number of rotatable bonds is 3. The Bertz CT molecular complexity index is 991. The zero-order valence-electron chi connectivity index (χ0n) is 14.6. The Kier molecular flexibility index (Phi) is 4.41. The molecule has 0 bridgehead atoms. The Morgan fingerprint density at radius 2 is 1.81 bits per heavy atom. The highest BCUT2D eigenvalue weighted by molar-refractivity contribution is 6.04. The summed E-state index contributed by atoms with van der Waals surface area (Å²) in [6.45, 7) is 5.60. The van der Waals surface area contributed by atoms with Crippen LogP contribution in [0.15, 0.2) is 42.7 Å². The number of carbonyl (C=O) groups excluding carboxylic acids is 2. The molecule has 2 N–H and O–H groups in total. The van der Waals surface area contributed by atoms with Crippen molar-refractivity contribution < 1.29 is 14.0 Å². The van der Waals surface area contributed by atoms with Crippen molar-refractivity contribution in [2.75, 3.05) is 5.32 Å². The predicted molar refractivity (Wildman–Crippen MR) is 94.6 cm³/mol. The van der Waals surface area contributed by atoms with Gasteiger partial charge in [0.2, 0.25) is 0 Å². The minimum absolute atomic E-state index is 0.0895. The van der Waals surface area contributed by atoms with E-state index in [0.717, 1.165) is 0 Å². The summed E-state index contributed by atoms with van der Waals surface area (Å²) in [5, 5.41) is 9.45. The maximum atomic E-state index is 13.7. The van der Waals surface area contributed by atoms with Gasteiger partial charge in [-0.1, -0.05) is 12.1 Å². The number of benzene rings is 1. The van der Waals surface area contributed by atoms with Gasteiger partial charge < -0.3 is 10.6 Å². The molecule has 0 radical (unpaired) electrons. The van der Waals surface area contributed by atoms with Gasteiger partial charge in [0.1, 0.15) is 17.2 Å². The molecule has 0 aliphatic rings. The molecule has 0 unspecified atom stereocenters. The molecule has 3 aromatic rings. The van der Waals surface area contributed by atoms with E-state index in [1.54, 1.807) is 12.3 Å². The van der Waals surface area contributed by atoms with Crippen LogP contribution in [0.5, 0.6) is 0 Å². The van der Waals surface area contributed by atoms with Crippen LogP contribution in [0.2, 0.25) is 0 Å². The molecule has 0 spiro atoms. The molecule has 2 amide bonds. The Hall–Kier alpha value is -3.29. The molecule has 0 atom stereocenters. The molecule has 3 rings (SSSR count). The van der Waals surface area contributed by atoms with Gasteiger partial charge in [-0.05, 0) is 39.0 Å². The van der Waals surface area contributed by atoms with E-state index in [1.807, 2.05) is 20.8 Å². The first-order valence-electron chi connectivity index (χ1n) is 7.97. The van der Waals surface area contributed by atoms with E-state index < -0.39 is 17.3 Å². The predicted octanol–water partition coefficient (Wildman–Crippen LogP) is 2.65. The van der Waals surface area contributed by atoms with Gasteiger partial charge in [-0.2, -0.15) is 5.10 Å². The molecule has 2 heterocycles. The van der Waals surface area contributed by atoms with Crippen LogP contribution < -0.4 is 10.6 Å². The fraction of sp³-hybridized carbons (Fsp3) is 0.222. The zero-order chi connectivity index (χ0) is 18.9. The first-order chi connectivity index (χ1) is 12.2. The van der Waals surface area contributed by atoms with Crippen molar-refractivity contribution in [3.8, 4) is 0 Å². The lowest BCUT2D eigenvalue weighted by atomic mass is 10.1. The second kappa shape index (κ2) is 6.55. The number of carbonyl (C=O) groups is 2. The summed E-state index contributed by atoms with van der Waals surface area (Å²) in [4.78, 5) is 28.9. The number of aromatic nitrogens is 3. The van der Waals surface area contributed by atoms with Crippen LogP contribution >= 0.6 is 0 Å². The van der Waals surface area contributed by atoms with Crippen LogP contribution in [-0.4, -0.2) is 32.0 Å². The van der Waals surface area contributed by atoms with Crippen LogP contribution in [0.3, 0.4) is 0 Å². The van der Waals surface area contributed by atoms with Gasteiger partial charge in [0.15, 0.2) is 5.65 Å². The van der Waals surface area contributed by atoms with E-state index in [2.05, 4.69) is 20.7 Å². The summed E-state index contributed by atoms with van der Waals surface area (Å²) >= 11 is 0. The molecule has 7 nitrogen and oxygen atoms in total. The maximum Gasteiger partial charge on any atom is 0.259 e. The third-order valence-electron chi connectivity index (χ3n) is 3.46. The monoisotopic (exact) mass is 355 g/mol. The highest BCUT2D eigenvalue weighted by Gasteiger charge is 2.20. The van der Waals surface area contributed by atoms with E-state index >= 15 is 0 Å². The molecule has 0 aliphatic carbocycles. The summed E-state index contributed by atoms with van der Waals surface area (Å²) in [6, 6.07) is 7.18. The van der Waals surface area contributed by atoms with E-state index in [4.69, 9.17) is 0 Å². The second-order valence-corrected chi connectivity index (χ2v) is 6.78. The third-order valence-corrected chi connectivity index (χ3v) is 3.46. The number of anilines is 1. The summed E-state index contributed by atoms with van der Waals surface area (Å²) in [5.41, 5.74) is 0.0653. The third kappa shape index (κ3) is 3.69. The molecule has 0 aliphatic heterocycles. The minimum atomic E-state index is -0.625. The van der Waals surface area contributed by atoms with Crippen LogP contribution in [-0.2, 0) is 0 Å². The molecule has 26 heavy (non-hydrogen) atoms. The fourth-order valence-corrected chi connectivity index (χ4v) is 2.34. The first-order valence-corrected chi connectivity index (χ1v) is 7.97. The minimum Gasteiger partial charge on any atom is -0.347 e. The van der Waals surface area contributed by atoms with Crippen LogP contribution in [0.4, 0.5) is 10.2 Å². The van der Waals surface area contributed by atoms with Crippen molar-refractivity contribution in [3.05, 3.63) is 59.7 Å². The van der Waals surface area contributed by atoms with Crippen molar-refractivity contribution in [2.45, 2.75) is 26.3 Å². The lowest BCUT2D eigenvalue weighted by Gasteiger charge is -2.19. The Morgan fingerprint density at radius 1 is 1.08 bits per heavy atom. The number of halogens is 1. The molecule has 134 valence electrons. The Morgan fingerprint density at radius 3 is 2.50 bits per heavy atom. The number of fused-ring (bicyclic) bond motifs is 1. The molecule has 2 aromatic heterocycles. The smallest absolute Gasteiger partial charge is 0.259 e. The number of amides is 2. The molecular weight excluding hydrogens is 337 g/mol. The van der Waals surface area contributed by atoms with Gasteiger partial charge >= 0.3 is 0 Å². The average Bonchev–Trinajstić information content (AvgIpc) is 2.97. The Labute approximate surface area is 149 Å². The van der Waals surface area contributed by atoms with Crippen molar-refractivity contribution in [1.82, 2.24) is 19.9 Å². The largest absolute Gasteiger partial charge is 0.347 e. The molecule has 8 heteroatoms. The van der Waals surface area contributed by atoms with Crippen molar-refractivity contribution in [2.24, 2.45) is 0 Å². The van der Waals surface area contributed by atoms with Crippen LogP contribution in [0, 0.1) is 5.82 Å². The lowest BCUT2D eigenvalue weighted by Crippen LogP contribution is -2.40. The second-order valence-electron chi connectivity index (χ2n) is 6.78. The van der Waals surface area contributed by atoms with Crippen molar-refractivity contribution in [3.63, 3.8) is 0 Å². The summed E-state index contributed by atoms with van der Waals surface area (Å²) in [7, 11) is 0. The molecular formula is C18H18FN5O2. The Balaban J connectivity index is 1.89. The molecule has 0 saturated carbocycles. The number of hydrogen-bond donors (Lipinski definition) is 2. The lowest BCUT2D eigenvalue weighted by molar-refractivity contribution is 0.0920. The maximum absolute atomic E-state index is 13.7. The summed E-state index contributed by atoms with van der Waals surface area (Å²) < 4.78 is 15.2. The van der Waals surface area contributed by atoms with E-state index in [-0.39, 0.29) is 28.5 Å². The number of hydrogen-bond acceptors (Lipinski definition) is 4. The van der Waals surface area contributed by atoms with E-state index in [0.29, 0.717) is 0 Å². The van der Waals surface area contributed by atoms with Gasteiger partial charge in [-0.3, -0.25) is 9.59 Å². The number of nitrogens with one attached hydrogen (secondary N) is 2. The summed E-state index contributed by atoms with van der Waals surface area (Å²) in [5.74, 6) is -1.38. The van der Waals surface area contributed by atoms with Gasteiger partial charge in [0.05, 0.1) is 11.8 Å². The van der Waals surface area contributed by atoms with E-state index in [9.17, 15) is 14.0 Å². The van der Waals surface area contributed by atoms with E-state index in [1.165, 1.54) is 35.0 Å². The topological polar surface area (TPSA) is 88.4 Å². The molecule has 0 saturated heterocycles.